The molecule has 0 amide bonds. The Bertz CT molecular complexity index is 740. The summed E-state index contributed by atoms with van der Waals surface area (Å²) in [6, 6.07) is 10.1. The van der Waals surface area contributed by atoms with Gasteiger partial charge >= 0.3 is 5.97 Å². The van der Waals surface area contributed by atoms with Crippen molar-refractivity contribution >= 4 is 17.7 Å². The summed E-state index contributed by atoms with van der Waals surface area (Å²) < 4.78 is 18.8. The van der Waals surface area contributed by atoms with Crippen molar-refractivity contribution in [2.45, 2.75) is 4.90 Å². The molecule has 106 valence electrons. The van der Waals surface area contributed by atoms with Gasteiger partial charge in [-0.25, -0.2) is 9.18 Å². The van der Waals surface area contributed by atoms with Gasteiger partial charge < -0.3 is 9.84 Å². The van der Waals surface area contributed by atoms with Gasteiger partial charge in [0.2, 0.25) is 0 Å². The summed E-state index contributed by atoms with van der Waals surface area (Å²) in [5.74, 6) is -1.80. The number of carboxylic acids is 1. The van der Waals surface area contributed by atoms with E-state index in [0.29, 0.717) is 4.90 Å². The van der Waals surface area contributed by atoms with Gasteiger partial charge in [-0.1, -0.05) is 6.07 Å². The van der Waals surface area contributed by atoms with Crippen molar-refractivity contribution in [3.63, 3.8) is 0 Å². The maximum Gasteiger partial charge on any atom is 0.339 e. The zero-order chi connectivity index (χ0) is 15.4. The Morgan fingerprint density at radius 3 is 2.71 bits per heavy atom. The fourth-order valence-electron chi connectivity index (χ4n) is 1.75. The number of carbonyl (C=O) groups is 1. The Hall–Kier alpha value is -2.52. The number of nitriles is 1. The molecule has 0 fully saturated rings. The molecular weight excluding hydrogens is 293 g/mol. The van der Waals surface area contributed by atoms with Gasteiger partial charge in [-0.3, -0.25) is 0 Å². The Kier molecular flexibility index (Phi) is 4.45. The van der Waals surface area contributed by atoms with Gasteiger partial charge in [0, 0.05) is 11.0 Å². The first kappa shape index (κ1) is 14.9. The van der Waals surface area contributed by atoms with Crippen LogP contribution in [0.25, 0.3) is 0 Å². The third kappa shape index (κ3) is 3.15. The normalized spacial score (nSPS) is 9.95. The van der Waals surface area contributed by atoms with Crippen LogP contribution in [-0.4, -0.2) is 17.3 Å². The second-order valence-corrected chi connectivity index (χ2v) is 4.84. The van der Waals surface area contributed by atoms with E-state index in [1.54, 1.807) is 12.1 Å². The standard InChI is InChI=1S/C15H10FNO3S/c1-21-14-4-2-3-12(11(14)8-17)20-13-7-9(16)5-6-10(13)15(18)19/h2-7H,1H3,(H,18,19). The fourth-order valence-corrected chi connectivity index (χ4v) is 2.32. The summed E-state index contributed by atoms with van der Waals surface area (Å²) in [5.41, 5.74) is 0.112. The van der Waals surface area contributed by atoms with Gasteiger partial charge in [-0.05, 0) is 30.5 Å². The molecule has 2 aromatic rings. The van der Waals surface area contributed by atoms with Gasteiger partial charge in [0.25, 0.3) is 0 Å². The van der Waals surface area contributed by atoms with E-state index in [2.05, 4.69) is 0 Å². The fraction of sp³-hybridized carbons (Fsp3) is 0.0667. The molecule has 1 N–H and O–H groups in total. The van der Waals surface area contributed by atoms with Crippen LogP contribution in [0.4, 0.5) is 4.39 Å². The predicted molar refractivity (Wildman–Crippen MR) is 76.4 cm³/mol. The van der Waals surface area contributed by atoms with E-state index in [1.807, 2.05) is 12.3 Å². The second-order valence-electron chi connectivity index (χ2n) is 3.99. The number of halogens is 1. The van der Waals surface area contributed by atoms with E-state index in [9.17, 15) is 14.4 Å². The monoisotopic (exact) mass is 303 g/mol. The quantitative estimate of drug-likeness (QED) is 0.867. The van der Waals surface area contributed by atoms with Gasteiger partial charge in [-0.2, -0.15) is 5.26 Å². The molecule has 0 aromatic heterocycles. The van der Waals surface area contributed by atoms with Gasteiger partial charge in [0.05, 0.1) is 0 Å². The van der Waals surface area contributed by atoms with Crippen LogP contribution < -0.4 is 4.74 Å². The van der Waals surface area contributed by atoms with Crippen molar-refractivity contribution < 1.29 is 19.0 Å². The van der Waals surface area contributed by atoms with Crippen LogP contribution in [0.2, 0.25) is 0 Å². The number of aromatic carboxylic acids is 1. The number of rotatable bonds is 4. The average Bonchev–Trinajstić information content (AvgIpc) is 2.46. The molecule has 0 atom stereocenters. The first-order valence-corrected chi connectivity index (χ1v) is 7.07. The van der Waals surface area contributed by atoms with Crippen LogP contribution in [0.3, 0.4) is 0 Å². The smallest absolute Gasteiger partial charge is 0.339 e. The number of benzene rings is 2. The molecule has 2 aromatic carbocycles. The molecule has 4 nitrogen and oxygen atoms in total. The topological polar surface area (TPSA) is 70.3 Å². The number of thioether (sulfide) groups is 1. The molecule has 0 bridgehead atoms. The highest BCUT2D eigenvalue weighted by atomic mass is 32.2. The molecule has 0 heterocycles. The molecule has 2 rings (SSSR count). The zero-order valence-corrected chi connectivity index (χ0v) is 11.8. The molecule has 0 saturated heterocycles. The van der Waals surface area contributed by atoms with Crippen molar-refractivity contribution in [1.82, 2.24) is 0 Å². The van der Waals surface area contributed by atoms with E-state index in [1.165, 1.54) is 17.8 Å². The van der Waals surface area contributed by atoms with Crippen LogP contribution in [0, 0.1) is 17.1 Å². The van der Waals surface area contributed by atoms with Gasteiger partial charge in [-0.15, -0.1) is 11.8 Å². The zero-order valence-electron chi connectivity index (χ0n) is 11.0. The van der Waals surface area contributed by atoms with Crippen LogP contribution in [-0.2, 0) is 0 Å². The van der Waals surface area contributed by atoms with Crippen LogP contribution in [0.1, 0.15) is 15.9 Å². The minimum Gasteiger partial charge on any atom is -0.478 e. The molecule has 0 aliphatic heterocycles. The number of carboxylic acid groups (broad SMARTS) is 1. The number of nitrogens with zero attached hydrogens (tertiary/aromatic N) is 1. The molecule has 21 heavy (non-hydrogen) atoms. The van der Waals surface area contributed by atoms with E-state index >= 15 is 0 Å². The predicted octanol–water partition coefficient (Wildman–Crippen LogP) is 3.91. The van der Waals surface area contributed by atoms with Crippen molar-refractivity contribution in [2.24, 2.45) is 0 Å². The summed E-state index contributed by atoms with van der Waals surface area (Å²) in [6.45, 7) is 0. The summed E-state index contributed by atoms with van der Waals surface area (Å²) >= 11 is 1.37. The van der Waals surface area contributed by atoms with Gasteiger partial charge in [0.1, 0.15) is 34.5 Å². The molecule has 0 radical (unpaired) electrons. The third-order valence-corrected chi connectivity index (χ3v) is 3.49. The first-order valence-electron chi connectivity index (χ1n) is 5.84. The van der Waals surface area contributed by atoms with Crippen molar-refractivity contribution in [3.8, 4) is 17.6 Å². The highest BCUT2D eigenvalue weighted by Gasteiger charge is 2.16. The minimum absolute atomic E-state index is 0.141. The molecule has 0 aliphatic rings. The van der Waals surface area contributed by atoms with E-state index < -0.39 is 11.8 Å². The first-order chi connectivity index (χ1) is 10.1. The lowest BCUT2D eigenvalue weighted by Gasteiger charge is -2.11. The molecule has 6 heteroatoms. The average molecular weight is 303 g/mol. The van der Waals surface area contributed by atoms with Gasteiger partial charge in [0.15, 0.2) is 0 Å². The summed E-state index contributed by atoms with van der Waals surface area (Å²) in [7, 11) is 0. The Labute approximate surface area is 124 Å². The number of ether oxygens (including phenoxy) is 1. The Morgan fingerprint density at radius 1 is 1.33 bits per heavy atom. The number of hydrogen-bond acceptors (Lipinski definition) is 4. The maximum atomic E-state index is 13.3. The molecule has 0 aliphatic carbocycles. The maximum absolute atomic E-state index is 13.3. The lowest BCUT2D eigenvalue weighted by atomic mass is 10.2. The van der Waals surface area contributed by atoms with E-state index in [4.69, 9.17) is 9.84 Å². The van der Waals surface area contributed by atoms with Crippen molar-refractivity contribution in [3.05, 3.63) is 53.3 Å². The second kappa shape index (κ2) is 6.29. The minimum atomic E-state index is -1.23. The molecule has 0 unspecified atom stereocenters. The molecule has 0 saturated carbocycles. The van der Waals surface area contributed by atoms with Crippen LogP contribution in [0.5, 0.6) is 11.5 Å². The Morgan fingerprint density at radius 2 is 2.10 bits per heavy atom. The van der Waals surface area contributed by atoms with Crippen molar-refractivity contribution in [2.75, 3.05) is 6.26 Å². The largest absolute Gasteiger partial charge is 0.478 e. The Balaban J connectivity index is 2.51. The lowest BCUT2D eigenvalue weighted by Crippen LogP contribution is -2.01. The SMILES string of the molecule is CSc1cccc(Oc2cc(F)ccc2C(=O)O)c1C#N. The van der Waals surface area contributed by atoms with Crippen LogP contribution in [0.15, 0.2) is 41.3 Å². The van der Waals surface area contributed by atoms with Crippen LogP contribution >= 0.6 is 11.8 Å². The number of hydrogen-bond donors (Lipinski definition) is 1. The lowest BCUT2D eigenvalue weighted by molar-refractivity contribution is 0.0694. The summed E-state index contributed by atoms with van der Waals surface area (Å²) in [6.07, 6.45) is 1.81. The molecular formula is C15H10FNO3S. The highest BCUT2D eigenvalue weighted by Crippen LogP contribution is 2.33. The summed E-state index contributed by atoms with van der Waals surface area (Å²) in [4.78, 5) is 11.8. The van der Waals surface area contributed by atoms with E-state index in [0.717, 1.165) is 18.2 Å². The highest BCUT2D eigenvalue weighted by molar-refractivity contribution is 7.98. The van der Waals surface area contributed by atoms with Crippen molar-refractivity contribution in [1.29, 1.82) is 5.26 Å². The summed E-state index contributed by atoms with van der Waals surface area (Å²) in [5, 5.41) is 18.3. The molecule has 0 spiro atoms. The third-order valence-electron chi connectivity index (χ3n) is 2.71. The van der Waals surface area contributed by atoms with E-state index in [-0.39, 0.29) is 22.6 Å².